The Labute approximate surface area is 120 Å². The van der Waals surface area contributed by atoms with Crippen LogP contribution in [-0.4, -0.2) is 24.0 Å². The van der Waals surface area contributed by atoms with E-state index in [0.29, 0.717) is 11.9 Å². The molecular weight excluding hydrogens is 285 g/mol. The van der Waals surface area contributed by atoms with Crippen molar-refractivity contribution in [2.45, 2.75) is 32.5 Å². The first-order chi connectivity index (χ1) is 9.49. The second-order valence-corrected chi connectivity index (χ2v) is 5.42. The van der Waals surface area contributed by atoms with Crippen molar-refractivity contribution in [3.05, 3.63) is 24.3 Å². The molecule has 1 rings (SSSR count). The molecule has 0 saturated carbocycles. The van der Waals surface area contributed by atoms with Crippen LogP contribution in [0.2, 0.25) is 0 Å². The Morgan fingerprint density at radius 2 is 1.76 bits per heavy atom. The van der Waals surface area contributed by atoms with Crippen LogP contribution in [0.5, 0.6) is 0 Å². The Bertz CT molecular complexity index is 517. The number of esters is 1. The fourth-order valence-electron chi connectivity index (χ4n) is 1.37. The first-order valence-corrected chi connectivity index (χ1v) is 6.18. The molecule has 116 valence electrons. The molecule has 0 aliphatic carbocycles. The van der Waals surface area contributed by atoms with Crippen molar-refractivity contribution in [1.29, 1.82) is 0 Å². The summed E-state index contributed by atoms with van der Waals surface area (Å²) in [6.45, 7) is 4.49. The lowest BCUT2D eigenvalue weighted by Gasteiger charge is -2.23. The van der Waals surface area contributed by atoms with Crippen LogP contribution in [0.1, 0.15) is 20.8 Å². The number of aliphatic imine (C=N–C) groups is 1. The number of hydrogen-bond donors (Lipinski definition) is 1. The first kappa shape index (κ1) is 17.0. The molecule has 1 aromatic rings. The number of hydrogen-bond acceptors (Lipinski definition) is 4. The minimum atomic E-state index is -4.76. The SMILES string of the molecule is CC(C)(C)OC(=O)C(C=Nc1ccc(N)cc1)C(F)(F)F. The second-order valence-electron chi connectivity index (χ2n) is 5.42. The normalized spacial score (nSPS) is 14.2. The molecule has 0 aliphatic rings. The Morgan fingerprint density at radius 3 is 2.19 bits per heavy atom. The predicted molar refractivity (Wildman–Crippen MR) is 74.4 cm³/mol. The van der Waals surface area contributed by atoms with Gasteiger partial charge in [-0.15, -0.1) is 0 Å². The summed E-state index contributed by atoms with van der Waals surface area (Å²) in [6, 6.07) is 5.91. The maximum absolute atomic E-state index is 12.9. The van der Waals surface area contributed by atoms with Crippen LogP contribution in [0, 0.1) is 5.92 Å². The molecule has 0 fully saturated rings. The van der Waals surface area contributed by atoms with Crippen molar-refractivity contribution < 1.29 is 22.7 Å². The molecule has 4 nitrogen and oxygen atoms in total. The number of anilines is 1. The average molecular weight is 302 g/mol. The zero-order valence-electron chi connectivity index (χ0n) is 11.9. The minimum absolute atomic E-state index is 0.266. The number of rotatable bonds is 3. The minimum Gasteiger partial charge on any atom is -0.459 e. The standard InChI is InChI=1S/C14H17F3N2O2/c1-13(2,3)21-12(20)11(14(15,16)17)8-19-10-6-4-9(18)5-7-10/h4-8,11H,18H2,1-3H3. The molecule has 0 spiro atoms. The van der Waals surface area contributed by atoms with E-state index in [4.69, 9.17) is 10.5 Å². The smallest absolute Gasteiger partial charge is 0.407 e. The second kappa shape index (κ2) is 6.15. The number of nitrogen functional groups attached to an aromatic ring is 1. The van der Waals surface area contributed by atoms with Crippen LogP contribution in [0.4, 0.5) is 24.5 Å². The van der Waals surface area contributed by atoms with Crippen LogP contribution in [0.15, 0.2) is 29.3 Å². The van der Waals surface area contributed by atoms with Gasteiger partial charge in [-0.05, 0) is 45.0 Å². The predicted octanol–water partition coefficient (Wildman–Crippen LogP) is 3.49. The zero-order chi connectivity index (χ0) is 16.3. The number of carbonyl (C=O) groups is 1. The van der Waals surface area contributed by atoms with Gasteiger partial charge in [0, 0.05) is 11.9 Å². The molecular formula is C14H17F3N2O2. The number of ether oxygens (including phenoxy) is 1. The fraction of sp³-hybridized carbons (Fsp3) is 0.429. The van der Waals surface area contributed by atoms with E-state index in [1.54, 1.807) is 0 Å². The highest BCUT2D eigenvalue weighted by atomic mass is 19.4. The molecule has 0 bridgehead atoms. The Balaban J connectivity index is 2.94. The average Bonchev–Trinajstić information content (AvgIpc) is 2.27. The largest absolute Gasteiger partial charge is 0.459 e. The summed E-state index contributed by atoms with van der Waals surface area (Å²) in [5, 5.41) is 0. The van der Waals surface area contributed by atoms with Crippen LogP contribution in [0.3, 0.4) is 0 Å². The number of nitrogens with zero attached hydrogens (tertiary/aromatic N) is 1. The van der Waals surface area contributed by atoms with Crippen molar-refractivity contribution in [3.63, 3.8) is 0 Å². The first-order valence-electron chi connectivity index (χ1n) is 6.18. The van der Waals surface area contributed by atoms with Gasteiger partial charge in [0.05, 0.1) is 5.69 Å². The Hall–Kier alpha value is -2.05. The molecule has 2 N–H and O–H groups in total. The summed E-state index contributed by atoms with van der Waals surface area (Å²) >= 11 is 0. The quantitative estimate of drug-likeness (QED) is 0.528. The van der Waals surface area contributed by atoms with Crippen molar-refractivity contribution in [3.8, 4) is 0 Å². The zero-order valence-corrected chi connectivity index (χ0v) is 11.9. The third kappa shape index (κ3) is 5.85. The Morgan fingerprint density at radius 1 is 1.24 bits per heavy atom. The van der Waals surface area contributed by atoms with E-state index in [9.17, 15) is 18.0 Å². The summed E-state index contributed by atoms with van der Waals surface area (Å²) in [7, 11) is 0. The summed E-state index contributed by atoms with van der Waals surface area (Å²) < 4.78 is 43.5. The van der Waals surface area contributed by atoms with Crippen LogP contribution >= 0.6 is 0 Å². The van der Waals surface area contributed by atoms with Gasteiger partial charge in [0.2, 0.25) is 0 Å². The highest BCUT2D eigenvalue weighted by Crippen LogP contribution is 2.28. The van der Waals surface area contributed by atoms with E-state index in [2.05, 4.69) is 4.99 Å². The molecule has 0 heterocycles. The summed E-state index contributed by atoms with van der Waals surface area (Å²) in [6.07, 6.45) is -4.22. The van der Waals surface area contributed by atoms with Crippen molar-refractivity contribution in [2.24, 2.45) is 10.9 Å². The van der Waals surface area contributed by atoms with Crippen LogP contribution in [-0.2, 0) is 9.53 Å². The number of alkyl halides is 3. The molecule has 0 aliphatic heterocycles. The van der Waals surface area contributed by atoms with E-state index in [1.807, 2.05) is 0 Å². The van der Waals surface area contributed by atoms with Gasteiger partial charge < -0.3 is 10.5 Å². The third-order valence-corrected chi connectivity index (χ3v) is 2.28. The fourth-order valence-corrected chi connectivity index (χ4v) is 1.37. The van der Waals surface area contributed by atoms with E-state index in [0.717, 1.165) is 0 Å². The molecule has 0 radical (unpaired) electrons. The number of carbonyl (C=O) groups excluding carboxylic acids is 1. The van der Waals surface area contributed by atoms with Gasteiger partial charge in [0.15, 0.2) is 5.92 Å². The molecule has 1 unspecified atom stereocenters. The van der Waals surface area contributed by atoms with Crippen LogP contribution in [0.25, 0.3) is 0 Å². The van der Waals surface area contributed by atoms with E-state index in [1.165, 1.54) is 45.0 Å². The molecule has 0 amide bonds. The Kier molecular flexibility index (Phi) is 4.98. The molecule has 7 heteroatoms. The summed E-state index contributed by atoms with van der Waals surface area (Å²) in [5.41, 5.74) is 5.19. The van der Waals surface area contributed by atoms with Gasteiger partial charge in [0.25, 0.3) is 0 Å². The molecule has 1 aromatic carbocycles. The highest BCUT2D eigenvalue weighted by molar-refractivity contribution is 5.92. The number of halogens is 3. The maximum atomic E-state index is 12.9. The van der Waals surface area contributed by atoms with Gasteiger partial charge in [-0.1, -0.05) is 0 Å². The van der Waals surface area contributed by atoms with Gasteiger partial charge in [-0.25, -0.2) is 0 Å². The number of benzene rings is 1. The van der Waals surface area contributed by atoms with E-state index < -0.39 is 23.7 Å². The molecule has 0 saturated heterocycles. The van der Waals surface area contributed by atoms with Crippen molar-refractivity contribution in [2.75, 3.05) is 5.73 Å². The monoisotopic (exact) mass is 302 g/mol. The number of nitrogens with two attached hydrogens (primary N) is 1. The van der Waals surface area contributed by atoms with Gasteiger partial charge in [0.1, 0.15) is 5.60 Å². The van der Waals surface area contributed by atoms with Gasteiger partial charge in [-0.3, -0.25) is 9.79 Å². The molecule has 21 heavy (non-hydrogen) atoms. The molecule has 1 atom stereocenters. The lowest BCUT2D eigenvalue weighted by atomic mass is 10.1. The lowest BCUT2D eigenvalue weighted by molar-refractivity contribution is -0.191. The maximum Gasteiger partial charge on any atom is 0.407 e. The van der Waals surface area contributed by atoms with Gasteiger partial charge >= 0.3 is 12.1 Å². The van der Waals surface area contributed by atoms with Crippen molar-refractivity contribution in [1.82, 2.24) is 0 Å². The van der Waals surface area contributed by atoms with Gasteiger partial charge in [-0.2, -0.15) is 13.2 Å². The summed E-state index contributed by atoms with van der Waals surface area (Å²) in [4.78, 5) is 15.3. The van der Waals surface area contributed by atoms with E-state index in [-0.39, 0.29) is 5.69 Å². The van der Waals surface area contributed by atoms with E-state index >= 15 is 0 Å². The van der Waals surface area contributed by atoms with Crippen molar-refractivity contribution >= 4 is 23.6 Å². The third-order valence-electron chi connectivity index (χ3n) is 2.28. The summed E-state index contributed by atoms with van der Waals surface area (Å²) in [5.74, 6) is -3.79. The molecule has 0 aromatic heterocycles. The topological polar surface area (TPSA) is 64.7 Å². The lowest BCUT2D eigenvalue weighted by Crippen LogP contribution is -2.37. The highest BCUT2D eigenvalue weighted by Gasteiger charge is 2.46. The van der Waals surface area contributed by atoms with Crippen LogP contribution < -0.4 is 5.73 Å².